The number of fused-ring (bicyclic) bond motifs is 8. The van der Waals surface area contributed by atoms with E-state index in [2.05, 4.69) is 30.5 Å². The quantitative estimate of drug-likeness (QED) is 0.767. The molecule has 1 unspecified atom stereocenters. The largest absolute Gasteiger partial charge is 0.278 e. The minimum Gasteiger partial charge on any atom is -0.278 e. The summed E-state index contributed by atoms with van der Waals surface area (Å²) >= 11 is 1.94. The summed E-state index contributed by atoms with van der Waals surface area (Å²) in [6.07, 6.45) is 5.28. The third-order valence-electron chi connectivity index (χ3n) is 4.50. The van der Waals surface area contributed by atoms with E-state index in [0.29, 0.717) is 0 Å². The summed E-state index contributed by atoms with van der Waals surface area (Å²) in [5.41, 5.74) is 6.39. The lowest BCUT2D eigenvalue weighted by atomic mass is 9.94. The molecule has 1 saturated heterocycles. The molecule has 0 spiro atoms. The van der Waals surface area contributed by atoms with Gasteiger partial charge in [-0.2, -0.15) is 0 Å². The van der Waals surface area contributed by atoms with Crippen LogP contribution in [0.1, 0.15) is 40.8 Å². The Labute approximate surface area is 120 Å². The van der Waals surface area contributed by atoms with Gasteiger partial charge in [0.1, 0.15) is 17.0 Å². The fourth-order valence-corrected chi connectivity index (χ4v) is 5.06. The van der Waals surface area contributed by atoms with Crippen LogP contribution < -0.4 is 15.8 Å². The Kier molecular flexibility index (Phi) is 2.14. The van der Waals surface area contributed by atoms with E-state index >= 15 is 0 Å². The van der Waals surface area contributed by atoms with E-state index in [9.17, 15) is 0 Å². The molecule has 0 amide bonds. The van der Waals surface area contributed by atoms with Gasteiger partial charge in [-0.05, 0) is 38.2 Å². The van der Waals surface area contributed by atoms with Crippen molar-refractivity contribution in [2.45, 2.75) is 38.8 Å². The van der Waals surface area contributed by atoms with Crippen LogP contribution in [0.3, 0.4) is 0 Å². The molecule has 1 atom stereocenters. The van der Waals surface area contributed by atoms with Gasteiger partial charge in [0, 0.05) is 10.4 Å². The van der Waals surface area contributed by atoms with Crippen LogP contribution in [0.4, 0.5) is 5.95 Å². The summed E-state index contributed by atoms with van der Waals surface area (Å²) in [5, 5.41) is 15.6. The molecule has 104 valence electrons. The van der Waals surface area contributed by atoms with Crippen molar-refractivity contribution in [2.75, 3.05) is 11.7 Å². The second-order valence-corrected chi connectivity index (χ2v) is 6.71. The Morgan fingerprint density at radius 1 is 1.25 bits per heavy atom. The van der Waals surface area contributed by atoms with E-state index in [1.54, 1.807) is 10.4 Å². The molecule has 2 aliphatic heterocycles. The Balaban J connectivity index is 1.83. The van der Waals surface area contributed by atoms with Gasteiger partial charge in [-0.1, -0.05) is 0 Å². The third kappa shape index (κ3) is 1.25. The van der Waals surface area contributed by atoms with Crippen molar-refractivity contribution in [3.8, 4) is 5.00 Å². The SMILES string of the molecule is Cc1nnc2n1-c1sc3c(c1C1NCNN21)CCCC3. The molecule has 6 nitrogen and oxygen atoms in total. The molecular weight excluding hydrogens is 272 g/mol. The predicted molar refractivity (Wildman–Crippen MR) is 77.0 cm³/mol. The van der Waals surface area contributed by atoms with Gasteiger partial charge >= 0.3 is 0 Å². The van der Waals surface area contributed by atoms with E-state index in [0.717, 1.165) is 18.4 Å². The molecule has 0 bridgehead atoms. The number of thiophene rings is 1. The smallest absolute Gasteiger partial charge is 0.248 e. The number of anilines is 1. The van der Waals surface area contributed by atoms with Gasteiger partial charge < -0.3 is 0 Å². The van der Waals surface area contributed by atoms with Crippen LogP contribution >= 0.6 is 11.3 Å². The number of hydrogen-bond acceptors (Lipinski definition) is 6. The molecule has 4 heterocycles. The van der Waals surface area contributed by atoms with Crippen molar-refractivity contribution in [1.82, 2.24) is 25.5 Å². The van der Waals surface area contributed by atoms with Crippen LogP contribution in [0.2, 0.25) is 0 Å². The van der Waals surface area contributed by atoms with Gasteiger partial charge in [0.15, 0.2) is 0 Å². The summed E-state index contributed by atoms with van der Waals surface area (Å²) in [4.78, 5) is 1.57. The Morgan fingerprint density at radius 3 is 3.10 bits per heavy atom. The minimum atomic E-state index is 0.208. The molecule has 5 rings (SSSR count). The fourth-order valence-electron chi connectivity index (χ4n) is 3.60. The summed E-state index contributed by atoms with van der Waals surface area (Å²) in [6, 6.07) is 0. The predicted octanol–water partition coefficient (Wildman–Crippen LogP) is 1.40. The van der Waals surface area contributed by atoms with Crippen LogP contribution in [0.15, 0.2) is 0 Å². The zero-order valence-electron chi connectivity index (χ0n) is 11.3. The highest BCUT2D eigenvalue weighted by molar-refractivity contribution is 7.15. The van der Waals surface area contributed by atoms with Crippen molar-refractivity contribution in [3.05, 3.63) is 21.8 Å². The molecule has 7 heteroatoms. The zero-order valence-corrected chi connectivity index (χ0v) is 12.1. The molecular formula is C13H16N6S. The molecule has 1 aliphatic carbocycles. The van der Waals surface area contributed by atoms with Crippen LogP contribution in [-0.2, 0) is 12.8 Å². The highest BCUT2D eigenvalue weighted by Crippen LogP contribution is 2.46. The molecule has 1 fully saturated rings. The van der Waals surface area contributed by atoms with E-state index in [1.165, 1.54) is 36.2 Å². The summed E-state index contributed by atoms with van der Waals surface area (Å²) in [7, 11) is 0. The van der Waals surface area contributed by atoms with Crippen LogP contribution in [-0.4, -0.2) is 21.4 Å². The number of aromatic nitrogens is 3. The minimum absolute atomic E-state index is 0.208. The fraction of sp³-hybridized carbons (Fsp3) is 0.538. The maximum absolute atomic E-state index is 4.35. The molecule has 2 N–H and O–H groups in total. The van der Waals surface area contributed by atoms with E-state index in [1.807, 2.05) is 18.3 Å². The molecule has 2 aromatic heterocycles. The Morgan fingerprint density at radius 2 is 2.15 bits per heavy atom. The van der Waals surface area contributed by atoms with Crippen molar-refractivity contribution < 1.29 is 0 Å². The first-order valence-electron chi connectivity index (χ1n) is 7.17. The van der Waals surface area contributed by atoms with Gasteiger partial charge in [-0.15, -0.1) is 21.5 Å². The Hall–Kier alpha value is -1.44. The first kappa shape index (κ1) is 11.2. The second-order valence-electron chi connectivity index (χ2n) is 5.62. The third-order valence-corrected chi connectivity index (χ3v) is 5.79. The summed E-state index contributed by atoms with van der Waals surface area (Å²) in [5.74, 6) is 1.87. The van der Waals surface area contributed by atoms with E-state index in [4.69, 9.17) is 0 Å². The molecule has 0 saturated carbocycles. The van der Waals surface area contributed by atoms with Crippen molar-refractivity contribution in [3.63, 3.8) is 0 Å². The van der Waals surface area contributed by atoms with Crippen molar-refractivity contribution in [2.24, 2.45) is 0 Å². The van der Waals surface area contributed by atoms with Crippen LogP contribution in [0.25, 0.3) is 5.00 Å². The topological polar surface area (TPSA) is 58.0 Å². The number of nitrogens with zero attached hydrogens (tertiary/aromatic N) is 4. The molecule has 0 radical (unpaired) electrons. The first-order valence-corrected chi connectivity index (χ1v) is 7.99. The van der Waals surface area contributed by atoms with Crippen LogP contribution in [0.5, 0.6) is 0 Å². The van der Waals surface area contributed by atoms with Gasteiger partial charge in [0.25, 0.3) is 0 Å². The van der Waals surface area contributed by atoms with E-state index < -0.39 is 0 Å². The average molecular weight is 288 g/mol. The second kappa shape index (κ2) is 3.81. The molecule has 20 heavy (non-hydrogen) atoms. The number of hydrazine groups is 1. The lowest BCUT2D eigenvalue weighted by molar-refractivity contribution is 0.582. The number of nitrogens with one attached hydrogen (secondary N) is 2. The van der Waals surface area contributed by atoms with Gasteiger partial charge in [-0.25, -0.2) is 5.43 Å². The monoisotopic (exact) mass is 288 g/mol. The van der Waals surface area contributed by atoms with E-state index in [-0.39, 0.29) is 6.17 Å². The summed E-state index contributed by atoms with van der Waals surface area (Å²) in [6.45, 7) is 2.81. The number of rotatable bonds is 0. The number of hydrogen-bond donors (Lipinski definition) is 2. The Bertz CT molecular complexity index is 702. The average Bonchev–Trinajstić information content (AvgIpc) is 3.13. The lowest BCUT2D eigenvalue weighted by Crippen LogP contribution is -2.39. The lowest BCUT2D eigenvalue weighted by Gasteiger charge is -2.31. The first-order chi connectivity index (χ1) is 9.84. The normalized spacial score (nSPS) is 23.2. The zero-order chi connectivity index (χ0) is 13.3. The number of aryl methyl sites for hydroxylation is 2. The van der Waals surface area contributed by atoms with Crippen LogP contribution in [0, 0.1) is 6.92 Å². The van der Waals surface area contributed by atoms with Gasteiger partial charge in [0.2, 0.25) is 5.95 Å². The maximum atomic E-state index is 4.35. The molecule has 3 aliphatic rings. The standard InChI is InChI=1S/C13H16N6S/c1-7-16-17-13-18(7)12-10(11-14-6-15-19(11)13)8-4-2-3-5-9(8)20-12/h11,14-15H,2-6H2,1H3. The highest BCUT2D eigenvalue weighted by Gasteiger charge is 2.40. The van der Waals surface area contributed by atoms with Gasteiger partial charge in [-0.3, -0.25) is 14.9 Å². The molecule has 0 aromatic carbocycles. The molecule has 2 aromatic rings. The van der Waals surface area contributed by atoms with Crippen molar-refractivity contribution >= 4 is 17.3 Å². The maximum Gasteiger partial charge on any atom is 0.248 e. The summed E-state index contributed by atoms with van der Waals surface area (Å²) < 4.78 is 2.20. The highest BCUT2D eigenvalue weighted by atomic mass is 32.1. The van der Waals surface area contributed by atoms with Gasteiger partial charge in [0.05, 0.1) is 6.67 Å². The van der Waals surface area contributed by atoms with Crippen molar-refractivity contribution in [1.29, 1.82) is 0 Å².